The molecule has 0 radical (unpaired) electrons. The van der Waals surface area contributed by atoms with E-state index in [4.69, 9.17) is 23.7 Å². The van der Waals surface area contributed by atoms with E-state index in [1.54, 1.807) is 7.11 Å². The molecule has 0 aromatic rings. The van der Waals surface area contributed by atoms with Crippen LogP contribution in [0.25, 0.3) is 0 Å². The van der Waals surface area contributed by atoms with Crippen LogP contribution >= 0.6 is 0 Å². The summed E-state index contributed by atoms with van der Waals surface area (Å²) in [6.07, 6.45) is 0. The van der Waals surface area contributed by atoms with Gasteiger partial charge in [0.15, 0.2) is 11.5 Å². The Balaban J connectivity index is 2.79. The maximum absolute atomic E-state index is 5.73. The Morgan fingerprint density at radius 3 is 2.22 bits per heavy atom. The summed E-state index contributed by atoms with van der Waals surface area (Å²) in [6, 6.07) is 0. The van der Waals surface area contributed by atoms with Crippen LogP contribution in [0.2, 0.25) is 0 Å². The monoisotopic (exact) mass is 322 g/mol. The Bertz CT molecular complexity index is 550. The minimum atomic E-state index is 0.0793. The molecule has 0 saturated carbocycles. The zero-order chi connectivity index (χ0) is 17.6. The molecule has 0 aliphatic carbocycles. The SMILES string of the molecule is C=C(OC)C(=C)C1=C(C(=C)OCC(C)C(OC)=C(C)C)OCO1. The molecule has 0 bridgehead atoms. The van der Waals surface area contributed by atoms with Crippen molar-refractivity contribution in [1.82, 2.24) is 0 Å². The molecule has 1 unspecified atom stereocenters. The van der Waals surface area contributed by atoms with Crippen molar-refractivity contribution in [2.45, 2.75) is 20.8 Å². The fourth-order valence-corrected chi connectivity index (χ4v) is 2.22. The highest BCUT2D eigenvalue weighted by Gasteiger charge is 2.26. The first kappa shape index (κ1) is 18.7. The summed E-state index contributed by atoms with van der Waals surface area (Å²) in [5, 5.41) is 0. The average Bonchev–Trinajstić information content (AvgIpc) is 3.00. The second-order valence-corrected chi connectivity index (χ2v) is 5.37. The Hall–Kier alpha value is -2.30. The fraction of sp³-hybridized carbons (Fsp3) is 0.444. The summed E-state index contributed by atoms with van der Waals surface area (Å²) in [5.41, 5.74) is 1.61. The Labute approximate surface area is 138 Å². The molecule has 23 heavy (non-hydrogen) atoms. The molecule has 0 N–H and O–H groups in total. The van der Waals surface area contributed by atoms with E-state index in [1.807, 2.05) is 20.8 Å². The molecular weight excluding hydrogens is 296 g/mol. The topological polar surface area (TPSA) is 46.2 Å². The van der Waals surface area contributed by atoms with Crippen LogP contribution in [0.4, 0.5) is 0 Å². The average molecular weight is 322 g/mol. The van der Waals surface area contributed by atoms with Gasteiger partial charge in [0, 0.05) is 5.92 Å². The predicted molar refractivity (Wildman–Crippen MR) is 89.0 cm³/mol. The maximum atomic E-state index is 5.73. The third-order valence-electron chi connectivity index (χ3n) is 3.39. The Morgan fingerprint density at radius 1 is 1.09 bits per heavy atom. The first-order valence-electron chi connectivity index (χ1n) is 7.29. The minimum absolute atomic E-state index is 0.0793. The van der Waals surface area contributed by atoms with Crippen LogP contribution in [0, 0.1) is 5.92 Å². The largest absolute Gasteiger partial charge is 0.501 e. The van der Waals surface area contributed by atoms with E-state index in [1.165, 1.54) is 7.11 Å². The van der Waals surface area contributed by atoms with Crippen molar-refractivity contribution in [3.8, 4) is 0 Å². The first-order chi connectivity index (χ1) is 10.8. The van der Waals surface area contributed by atoms with Crippen LogP contribution in [-0.2, 0) is 23.7 Å². The molecule has 0 saturated heterocycles. The van der Waals surface area contributed by atoms with Crippen molar-refractivity contribution in [3.05, 3.63) is 59.7 Å². The number of rotatable bonds is 9. The van der Waals surface area contributed by atoms with Crippen LogP contribution in [-0.4, -0.2) is 27.6 Å². The molecule has 5 heteroatoms. The molecule has 128 valence electrons. The molecule has 0 aromatic heterocycles. The van der Waals surface area contributed by atoms with Gasteiger partial charge in [-0.15, -0.1) is 0 Å². The molecule has 5 nitrogen and oxygen atoms in total. The number of allylic oxidation sites excluding steroid dienone is 1. The smallest absolute Gasteiger partial charge is 0.231 e. The standard InChI is InChI=1S/C18H26O5/c1-11(2)16(20-8)12(3)9-21-15(6)18-17(22-10-23-18)13(4)14(5)19-7/h12H,4-6,9-10H2,1-3,7-8H3. The molecule has 1 aliphatic rings. The molecule has 0 amide bonds. The van der Waals surface area contributed by atoms with Crippen molar-refractivity contribution in [1.29, 1.82) is 0 Å². The van der Waals surface area contributed by atoms with Gasteiger partial charge in [0.2, 0.25) is 12.6 Å². The third kappa shape index (κ3) is 4.58. The van der Waals surface area contributed by atoms with Crippen molar-refractivity contribution < 1.29 is 23.7 Å². The molecule has 0 fully saturated rings. The van der Waals surface area contributed by atoms with E-state index >= 15 is 0 Å². The molecule has 1 aliphatic heterocycles. The van der Waals surface area contributed by atoms with Gasteiger partial charge in [-0.25, -0.2) is 0 Å². The lowest BCUT2D eigenvalue weighted by Crippen LogP contribution is -2.12. The lowest BCUT2D eigenvalue weighted by atomic mass is 10.1. The Morgan fingerprint density at radius 2 is 1.70 bits per heavy atom. The van der Waals surface area contributed by atoms with Crippen LogP contribution in [0.3, 0.4) is 0 Å². The summed E-state index contributed by atoms with van der Waals surface area (Å²) >= 11 is 0. The zero-order valence-electron chi connectivity index (χ0n) is 14.7. The molecule has 1 rings (SSSR count). The second-order valence-electron chi connectivity index (χ2n) is 5.37. The number of hydrogen-bond donors (Lipinski definition) is 0. The van der Waals surface area contributed by atoms with E-state index in [9.17, 15) is 0 Å². The number of methoxy groups -OCH3 is 2. The van der Waals surface area contributed by atoms with Crippen LogP contribution in [0.1, 0.15) is 20.8 Å². The van der Waals surface area contributed by atoms with Gasteiger partial charge >= 0.3 is 0 Å². The summed E-state index contributed by atoms with van der Waals surface area (Å²) in [5.74, 6) is 2.60. The van der Waals surface area contributed by atoms with Crippen LogP contribution in [0.15, 0.2) is 59.7 Å². The summed E-state index contributed by atoms with van der Waals surface area (Å²) in [6.45, 7) is 18.1. The van der Waals surface area contributed by atoms with Gasteiger partial charge in [0.25, 0.3) is 0 Å². The van der Waals surface area contributed by atoms with Gasteiger partial charge in [-0.05, 0) is 19.4 Å². The number of hydrogen-bond acceptors (Lipinski definition) is 5. The number of ether oxygens (including phenoxy) is 5. The maximum Gasteiger partial charge on any atom is 0.231 e. The van der Waals surface area contributed by atoms with E-state index in [2.05, 4.69) is 19.7 Å². The van der Waals surface area contributed by atoms with E-state index < -0.39 is 0 Å². The summed E-state index contributed by atoms with van der Waals surface area (Å²) in [4.78, 5) is 0. The highest BCUT2D eigenvalue weighted by Crippen LogP contribution is 2.31. The fourth-order valence-electron chi connectivity index (χ4n) is 2.22. The van der Waals surface area contributed by atoms with Crippen molar-refractivity contribution >= 4 is 0 Å². The molecule has 1 heterocycles. The van der Waals surface area contributed by atoms with Gasteiger partial charge < -0.3 is 23.7 Å². The van der Waals surface area contributed by atoms with Gasteiger partial charge in [-0.3, -0.25) is 0 Å². The highest BCUT2D eigenvalue weighted by molar-refractivity contribution is 5.43. The van der Waals surface area contributed by atoms with Gasteiger partial charge in [-0.2, -0.15) is 0 Å². The zero-order valence-corrected chi connectivity index (χ0v) is 14.7. The molecule has 1 atom stereocenters. The lowest BCUT2D eigenvalue weighted by Gasteiger charge is -2.18. The Kier molecular flexibility index (Phi) is 6.82. The van der Waals surface area contributed by atoms with E-state index in [0.29, 0.717) is 35.2 Å². The second kappa shape index (κ2) is 8.36. The van der Waals surface area contributed by atoms with Gasteiger partial charge in [0.1, 0.15) is 11.5 Å². The van der Waals surface area contributed by atoms with E-state index in [-0.39, 0.29) is 12.7 Å². The van der Waals surface area contributed by atoms with Crippen molar-refractivity contribution in [2.24, 2.45) is 5.92 Å². The quantitative estimate of drug-likeness (QED) is 0.474. The predicted octanol–water partition coefficient (Wildman–Crippen LogP) is 4.03. The highest BCUT2D eigenvalue weighted by atomic mass is 16.7. The third-order valence-corrected chi connectivity index (χ3v) is 3.39. The summed E-state index contributed by atoms with van der Waals surface area (Å²) in [7, 11) is 3.17. The minimum Gasteiger partial charge on any atom is -0.501 e. The molecule has 0 spiro atoms. The molecular formula is C18H26O5. The first-order valence-corrected chi connectivity index (χ1v) is 7.29. The van der Waals surface area contributed by atoms with Crippen molar-refractivity contribution in [2.75, 3.05) is 27.6 Å². The molecule has 0 aromatic carbocycles. The van der Waals surface area contributed by atoms with Gasteiger partial charge in [0.05, 0.1) is 26.4 Å². The lowest BCUT2D eigenvalue weighted by molar-refractivity contribution is 0.0630. The van der Waals surface area contributed by atoms with Crippen LogP contribution in [0.5, 0.6) is 0 Å². The van der Waals surface area contributed by atoms with E-state index in [0.717, 1.165) is 11.3 Å². The van der Waals surface area contributed by atoms with Crippen molar-refractivity contribution in [3.63, 3.8) is 0 Å². The normalized spacial score (nSPS) is 14.3. The van der Waals surface area contributed by atoms with Crippen LogP contribution < -0.4 is 0 Å². The van der Waals surface area contributed by atoms with Gasteiger partial charge in [-0.1, -0.05) is 26.7 Å². The summed E-state index contributed by atoms with van der Waals surface area (Å²) < 4.78 is 27.1.